The summed E-state index contributed by atoms with van der Waals surface area (Å²) in [5.41, 5.74) is 2.22. The largest absolute Gasteiger partial charge is 0.490 e. The second-order valence-corrected chi connectivity index (χ2v) is 8.83. The normalized spacial score (nSPS) is 11.1. The van der Waals surface area contributed by atoms with E-state index >= 15 is 0 Å². The van der Waals surface area contributed by atoms with Crippen LogP contribution in [0.25, 0.3) is 22.8 Å². The molecule has 0 saturated carbocycles. The van der Waals surface area contributed by atoms with Gasteiger partial charge in [-0.15, -0.1) is 0 Å². The Bertz CT molecular complexity index is 1600. The molecule has 2 aromatic carbocycles. The van der Waals surface area contributed by atoms with Crippen molar-refractivity contribution in [3.05, 3.63) is 99.9 Å². The number of furan rings is 3. The summed E-state index contributed by atoms with van der Waals surface area (Å²) in [5, 5.41) is 10.9. The van der Waals surface area contributed by atoms with Crippen molar-refractivity contribution in [1.82, 2.24) is 0 Å². The summed E-state index contributed by atoms with van der Waals surface area (Å²) >= 11 is 12.5. The van der Waals surface area contributed by atoms with Gasteiger partial charge in [-0.2, -0.15) is 5.26 Å². The predicted molar refractivity (Wildman–Crippen MR) is 144 cm³/mol. The lowest BCUT2D eigenvalue weighted by atomic mass is 10.1. The number of nitrogens with zero attached hydrogens (tertiary/aromatic N) is 2. The molecule has 0 aliphatic carbocycles. The zero-order chi connectivity index (χ0) is 26.5. The maximum absolute atomic E-state index is 9.95. The van der Waals surface area contributed by atoms with Crippen LogP contribution in [0.5, 0.6) is 11.5 Å². The van der Waals surface area contributed by atoms with Gasteiger partial charge in [0.05, 0.1) is 29.7 Å². The van der Waals surface area contributed by atoms with E-state index in [0.29, 0.717) is 56.6 Å². The number of nitriles is 1. The fourth-order valence-corrected chi connectivity index (χ4v) is 4.19. The number of hydrogen-bond acceptors (Lipinski definition) is 7. The van der Waals surface area contributed by atoms with Crippen LogP contribution in [0.1, 0.15) is 23.6 Å². The third kappa shape index (κ3) is 5.32. The second-order valence-electron chi connectivity index (χ2n) is 7.99. The molecular formula is C29H20Cl2N2O5. The minimum Gasteiger partial charge on any atom is -0.490 e. The first kappa shape index (κ1) is 25.3. The van der Waals surface area contributed by atoms with Crippen molar-refractivity contribution in [2.45, 2.75) is 13.5 Å². The summed E-state index contributed by atoms with van der Waals surface area (Å²) < 4.78 is 28.8. The highest BCUT2D eigenvalue weighted by Gasteiger charge is 2.26. The summed E-state index contributed by atoms with van der Waals surface area (Å²) in [6, 6.07) is 19.9. The minimum absolute atomic E-state index is 0.0995. The Labute approximate surface area is 228 Å². The summed E-state index contributed by atoms with van der Waals surface area (Å²) in [6.07, 6.45) is 4.58. The van der Waals surface area contributed by atoms with Gasteiger partial charge in [-0.1, -0.05) is 35.3 Å². The molecule has 3 heterocycles. The number of halogens is 2. The molecule has 0 bridgehead atoms. The van der Waals surface area contributed by atoms with Crippen LogP contribution in [0, 0.1) is 11.3 Å². The molecule has 0 aliphatic heterocycles. The van der Waals surface area contributed by atoms with Gasteiger partial charge in [0.2, 0.25) is 5.88 Å². The standard InChI is InChI=1S/C29H20Cl2N2O5/c1-2-34-25-14-19(13-22(31)27(25)37-17-18-7-9-20(30)10-8-18)16-33-29-21(15-32)26(23-5-3-11-35-23)28(38-29)24-6-4-12-36-24/h3-14,16H,2,17H2,1H3. The third-order valence-corrected chi connectivity index (χ3v) is 6.01. The molecule has 0 N–H and O–H groups in total. The maximum Gasteiger partial charge on any atom is 0.238 e. The lowest BCUT2D eigenvalue weighted by Crippen LogP contribution is -2.01. The number of aliphatic imine (C=N–C) groups is 1. The van der Waals surface area contributed by atoms with Gasteiger partial charge in [0.1, 0.15) is 24.0 Å². The molecule has 9 heteroatoms. The first-order valence-electron chi connectivity index (χ1n) is 11.6. The number of benzene rings is 2. The van der Waals surface area contributed by atoms with Crippen LogP contribution in [0.15, 0.2) is 91.4 Å². The second kappa shape index (κ2) is 11.3. The van der Waals surface area contributed by atoms with Crippen molar-refractivity contribution in [3.8, 4) is 40.4 Å². The summed E-state index contributed by atoms with van der Waals surface area (Å²) in [7, 11) is 0. The Morgan fingerprint density at radius 3 is 2.37 bits per heavy atom. The zero-order valence-corrected chi connectivity index (χ0v) is 21.6. The van der Waals surface area contributed by atoms with E-state index in [9.17, 15) is 5.26 Å². The topological polar surface area (TPSA) is 94.0 Å². The van der Waals surface area contributed by atoms with Crippen molar-refractivity contribution < 1.29 is 22.7 Å². The van der Waals surface area contributed by atoms with E-state index in [0.717, 1.165) is 5.56 Å². The summed E-state index contributed by atoms with van der Waals surface area (Å²) in [5.74, 6) is 2.22. The van der Waals surface area contributed by atoms with Gasteiger partial charge in [-0.05, 0) is 66.6 Å². The van der Waals surface area contributed by atoms with Crippen LogP contribution in [-0.2, 0) is 6.61 Å². The van der Waals surface area contributed by atoms with Crippen molar-refractivity contribution in [2.24, 2.45) is 4.99 Å². The highest BCUT2D eigenvalue weighted by molar-refractivity contribution is 6.32. The predicted octanol–water partition coefficient (Wildman–Crippen LogP) is 8.71. The van der Waals surface area contributed by atoms with Gasteiger partial charge >= 0.3 is 0 Å². The lowest BCUT2D eigenvalue weighted by Gasteiger charge is -2.14. The Kier molecular flexibility index (Phi) is 7.55. The fourth-order valence-electron chi connectivity index (χ4n) is 3.79. The van der Waals surface area contributed by atoms with Gasteiger partial charge in [-0.25, -0.2) is 4.99 Å². The van der Waals surface area contributed by atoms with Crippen LogP contribution in [0.3, 0.4) is 0 Å². The van der Waals surface area contributed by atoms with E-state index in [4.69, 9.17) is 45.9 Å². The first-order chi connectivity index (χ1) is 18.6. The smallest absolute Gasteiger partial charge is 0.238 e. The van der Waals surface area contributed by atoms with Crippen molar-refractivity contribution in [1.29, 1.82) is 5.26 Å². The quantitative estimate of drug-likeness (QED) is 0.171. The van der Waals surface area contributed by atoms with E-state index in [-0.39, 0.29) is 18.1 Å². The monoisotopic (exact) mass is 546 g/mol. The van der Waals surface area contributed by atoms with E-state index in [1.807, 2.05) is 19.1 Å². The van der Waals surface area contributed by atoms with Gasteiger partial charge < -0.3 is 22.7 Å². The van der Waals surface area contributed by atoms with Gasteiger partial charge in [0.15, 0.2) is 23.0 Å². The minimum atomic E-state index is 0.0995. The molecule has 5 rings (SSSR count). The van der Waals surface area contributed by atoms with Gasteiger partial charge in [0, 0.05) is 11.2 Å². The molecular weight excluding hydrogens is 527 g/mol. The van der Waals surface area contributed by atoms with Crippen LogP contribution in [-0.4, -0.2) is 12.8 Å². The number of ether oxygens (including phenoxy) is 2. The van der Waals surface area contributed by atoms with Gasteiger partial charge in [-0.3, -0.25) is 0 Å². The molecule has 38 heavy (non-hydrogen) atoms. The zero-order valence-electron chi connectivity index (χ0n) is 20.1. The molecule has 3 aromatic heterocycles. The third-order valence-electron chi connectivity index (χ3n) is 5.47. The molecule has 0 spiro atoms. The molecule has 5 aromatic rings. The molecule has 0 unspecified atom stereocenters. The number of hydrogen-bond donors (Lipinski definition) is 0. The van der Waals surface area contributed by atoms with Crippen molar-refractivity contribution >= 4 is 35.3 Å². The molecule has 190 valence electrons. The molecule has 0 atom stereocenters. The Morgan fingerprint density at radius 2 is 1.71 bits per heavy atom. The van der Waals surface area contributed by atoms with E-state index in [2.05, 4.69) is 11.1 Å². The van der Waals surface area contributed by atoms with Crippen molar-refractivity contribution in [2.75, 3.05) is 6.61 Å². The fraction of sp³-hybridized carbons (Fsp3) is 0.103. The Hall–Kier alpha value is -4.38. The van der Waals surface area contributed by atoms with Gasteiger partial charge in [0.25, 0.3) is 0 Å². The molecule has 7 nitrogen and oxygen atoms in total. The van der Waals surface area contributed by atoms with Crippen LogP contribution < -0.4 is 9.47 Å². The average molecular weight is 547 g/mol. The van der Waals surface area contributed by atoms with Crippen LogP contribution in [0.2, 0.25) is 10.0 Å². The van der Waals surface area contributed by atoms with E-state index in [1.165, 1.54) is 18.7 Å². The molecule has 0 amide bonds. The van der Waals surface area contributed by atoms with E-state index < -0.39 is 0 Å². The molecule has 0 fully saturated rings. The summed E-state index contributed by atoms with van der Waals surface area (Å²) in [6.45, 7) is 2.56. The Morgan fingerprint density at radius 1 is 0.974 bits per heavy atom. The SMILES string of the molecule is CCOc1cc(C=Nc2oc(-c3ccco3)c(-c3ccco3)c2C#N)cc(Cl)c1OCc1ccc(Cl)cc1. The summed E-state index contributed by atoms with van der Waals surface area (Å²) in [4.78, 5) is 4.46. The van der Waals surface area contributed by atoms with E-state index in [1.54, 1.807) is 48.5 Å². The highest BCUT2D eigenvalue weighted by atomic mass is 35.5. The molecule has 0 radical (unpaired) electrons. The maximum atomic E-state index is 9.95. The van der Waals surface area contributed by atoms with Crippen LogP contribution >= 0.6 is 23.2 Å². The highest BCUT2D eigenvalue weighted by Crippen LogP contribution is 2.43. The number of rotatable bonds is 9. The average Bonchev–Trinajstić information content (AvgIpc) is 3.69. The molecule has 0 aliphatic rings. The Balaban J connectivity index is 1.48. The van der Waals surface area contributed by atoms with Crippen molar-refractivity contribution in [3.63, 3.8) is 0 Å². The molecule has 0 saturated heterocycles. The first-order valence-corrected chi connectivity index (χ1v) is 12.3. The lowest BCUT2D eigenvalue weighted by molar-refractivity contribution is 0.269. The van der Waals surface area contributed by atoms with Crippen LogP contribution in [0.4, 0.5) is 5.88 Å².